The molecule has 66 valence electrons. The molecule has 0 fully saturated rings. The number of hydrogen-bond donors (Lipinski definition) is 0. The van der Waals surface area contributed by atoms with E-state index in [-0.39, 0.29) is 11.2 Å². The highest BCUT2D eigenvalue weighted by atomic mass is 16.5. The van der Waals surface area contributed by atoms with Gasteiger partial charge >= 0.3 is 5.97 Å². The Hall–Kier alpha value is -1.12. The van der Waals surface area contributed by atoms with Crippen LogP contribution < -0.4 is 0 Å². The van der Waals surface area contributed by atoms with E-state index in [9.17, 15) is 9.59 Å². The van der Waals surface area contributed by atoms with E-state index in [1.165, 1.54) is 13.0 Å². The summed E-state index contributed by atoms with van der Waals surface area (Å²) in [6.07, 6.45) is 2.60. The van der Waals surface area contributed by atoms with Crippen molar-refractivity contribution in [3.8, 4) is 0 Å². The van der Waals surface area contributed by atoms with Gasteiger partial charge in [0.15, 0.2) is 11.9 Å². The van der Waals surface area contributed by atoms with E-state index in [0.29, 0.717) is 0 Å². The van der Waals surface area contributed by atoms with Crippen LogP contribution in [0.25, 0.3) is 0 Å². The summed E-state index contributed by atoms with van der Waals surface area (Å²) in [4.78, 5) is 21.8. The van der Waals surface area contributed by atoms with Crippen LogP contribution in [0.2, 0.25) is 0 Å². The monoisotopic (exact) mass is 168 g/mol. The molecule has 0 amide bonds. The summed E-state index contributed by atoms with van der Waals surface area (Å²) < 4.78 is 4.89. The molecule has 1 rings (SSSR count). The number of hydrogen-bond acceptors (Lipinski definition) is 3. The zero-order valence-corrected chi connectivity index (χ0v) is 7.46. The van der Waals surface area contributed by atoms with Gasteiger partial charge in [0.2, 0.25) is 0 Å². The molecule has 1 aliphatic carbocycles. The fourth-order valence-corrected chi connectivity index (χ4v) is 1.21. The molecule has 3 heteroatoms. The number of ether oxygens (including phenoxy) is 1. The third-order valence-corrected chi connectivity index (χ3v) is 1.90. The third-order valence-electron chi connectivity index (χ3n) is 1.90. The summed E-state index contributed by atoms with van der Waals surface area (Å²) in [7, 11) is 0. The lowest BCUT2D eigenvalue weighted by molar-refractivity contribution is -0.155. The molecule has 0 radical (unpaired) electrons. The van der Waals surface area contributed by atoms with E-state index in [1.807, 2.05) is 13.8 Å². The molecule has 0 bridgehead atoms. The van der Waals surface area contributed by atoms with Crippen LogP contribution in [-0.2, 0) is 14.3 Å². The number of ketones is 1. The summed E-state index contributed by atoms with van der Waals surface area (Å²) in [5.74, 6) is -0.541. The first-order valence-electron chi connectivity index (χ1n) is 3.84. The van der Waals surface area contributed by atoms with Gasteiger partial charge in [-0.25, -0.2) is 0 Å². The van der Waals surface area contributed by atoms with Gasteiger partial charge in [-0.15, -0.1) is 0 Å². The second-order valence-electron chi connectivity index (χ2n) is 3.55. The molecule has 3 nitrogen and oxygen atoms in total. The van der Waals surface area contributed by atoms with Crippen LogP contribution in [0, 0.1) is 5.41 Å². The lowest BCUT2D eigenvalue weighted by atomic mass is 9.90. The van der Waals surface area contributed by atoms with Crippen molar-refractivity contribution in [2.45, 2.75) is 26.9 Å². The van der Waals surface area contributed by atoms with E-state index in [1.54, 1.807) is 6.08 Å². The Balaban J connectivity index is 2.76. The van der Waals surface area contributed by atoms with E-state index >= 15 is 0 Å². The van der Waals surface area contributed by atoms with Crippen molar-refractivity contribution in [1.29, 1.82) is 0 Å². The molecule has 0 aromatic rings. The fourth-order valence-electron chi connectivity index (χ4n) is 1.21. The maximum Gasteiger partial charge on any atom is 0.303 e. The van der Waals surface area contributed by atoms with Crippen LogP contribution in [-0.4, -0.2) is 17.9 Å². The zero-order chi connectivity index (χ0) is 9.35. The van der Waals surface area contributed by atoms with Crippen molar-refractivity contribution in [3.05, 3.63) is 12.2 Å². The summed E-state index contributed by atoms with van der Waals surface area (Å²) >= 11 is 0. The smallest absolute Gasteiger partial charge is 0.303 e. The number of carbonyl (C=O) groups is 2. The highest BCUT2D eigenvalue weighted by Gasteiger charge is 2.39. The molecular weight excluding hydrogens is 156 g/mol. The summed E-state index contributed by atoms with van der Waals surface area (Å²) in [5.41, 5.74) is -0.358. The molecule has 1 unspecified atom stereocenters. The average Bonchev–Trinajstić information content (AvgIpc) is 2.15. The Bertz CT molecular complexity index is 250. The SMILES string of the molecule is CC(=O)OC1C(=O)C=CC1(C)C. The number of esters is 1. The van der Waals surface area contributed by atoms with Gasteiger partial charge in [-0.05, 0) is 6.08 Å². The first kappa shape index (κ1) is 8.97. The molecule has 0 heterocycles. The maximum absolute atomic E-state index is 11.2. The van der Waals surface area contributed by atoms with Crippen molar-refractivity contribution in [2.75, 3.05) is 0 Å². The fraction of sp³-hybridized carbons (Fsp3) is 0.556. The van der Waals surface area contributed by atoms with E-state index in [4.69, 9.17) is 4.74 Å². The van der Waals surface area contributed by atoms with Crippen LogP contribution >= 0.6 is 0 Å². The molecule has 12 heavy (non-hydrogen) atoms. The molecule has 1 atom stereocenters. The van der Waals surface area contributed by atoms with E-state index in [2.05, 4.69) is 0 Å². The number of rotatable bonds is 1. The Labute approximate surface area is 71.4 Å². The average molecular weight is 168 g/mol. The molecule has 0 spiro atoms. The van der Waals surface area contributed by atoms with Gasteiger partial charge in [0.1, 0.15) is 0 Å². The maximum atomic E-state index is 11.2. The topological polar surface area (TPSA) is 43.4 Å². The predicted molar refractivity (Wildman–Crippen MR) is 43.5 cm³/mol. The summed E-state index contributed by atoms with van der Waals surface area (Å²) in [6, 6.07) is 0. The van der Waals surface area contributed by atoms with Gasteiger partial charge in [0.25, 0.3) is 0 Å². The molecule has 1 aliphatic rings. The van der Waals surface area contributed by atoms with Crippen LogP contribution in [0.15, 0.2) is 12.2 Å². The van der Waals surface area contributed by atoms with Crippen molar-refractivity contribution < 1.29 is 14.3 Å². The van der Waals surface area contributed by atoms with Crippen LogP contribution in [0.5, 0.6) is 0 Å². The molecule has 0 aliphatic heterocycles. The molecule has 0 saturated heterocycles. The first-order chi connectivity index (χ1) is 5.43. The van der Waals surface area contributed by atoms with E-state index in [0.717, 1.165) is 0 Å². The van der Waals surface area contributed by atoms with Crippen molar-refractivity contribution in [1.82, 2.24) is 0 Å². The molecule has 0 aromatic heterocycles. The largest absolute Gasteiger partial charge is 0.453 e. The van der Waals surface area contributed by atoms with Crippen molar-refractivity contribution >= 4 is 11.8 Å². The van der Waals surface area contributed by atoms with Gasteiger partial charge in [-0.3, -0.25) is 9.59 Å². The zero-order valence-electron chi connectivity index (χ0n) is 7.46. The molecule has 0 N–H and O–H groups in total. The second-order valence-corrected chi connectivity index (χ2v) is 3.55. The normalized spacial score (nSPS) is 25.9. The Morgan fingerprint density at radius 3 is 2.50 bits per heavy atom. The minimum absolute atomic E-state index is 0.129. The van der Waals surface area contributed by atoms with E-state index < -0.39 is 12.1 Å². The molecule has 0 aromatic carbocycles. The highest BCUT2D eigenvalue weighted by Crippen LogP contribution is 2.31. The Morgan fingerprint density at radius 2 is 2.17 bits per heavy atom. The van der Waals surface area contributed by atoms with Crippen molar-refractivity contribution in [2.24, 2.45) is 5.41 Å². The van der Waals surface area contributed by atoms with Crippen LogP contribution in [0.1, 0.15) is 20.8 Å². The lowest BCUT2D eigenvalue weighted by Crippen LogP contribution is -2.33. The minimum Gasteiger partial charge on any atom is -0.453 e. The Kier molecular flexibility index (Phi) is 2.04. The van der Waals surface area contributed by atoms with Crippen LogP contribution in [0.4, 0.5) is 0 Å². The van der Waals surface area contributed by atoms with Gasteiger partial charge < -0.3 is 4.74 Å². The van der Waals surface area contributed by atoms with Gasteiger partial charge in [-0.1, -0.05) is 19.9 Å². The van der Waals surface area contributed by atoms with Crippen LogP contribution in [0.3, 0.4) is 0 Å². The van der Waals surface area contributed by atoms with Gasteiger partial charge in [0, 0.05) is 12.3 Å². The first-order valence-corrected chi connectivity index (χ1v) is 3.84. The quantitative estimate of drug-likeness (QED) is 0.550. The third kappa shape index (κ3) is 1.55. The summed E-state index contributed by atoms with van der Waals surface area (Å²) in [6.45, 7) is 5.03. The minimum atomic E-state index is -0.630. The standard InChI is InChI=1S/C9H12O3/c1-6(10)12-8-7(11)4-5-9(8,2)3/h4-5,8H,1-3H3. The molecule has 0 saturated carbocycles. The van der Waals surface area contributed by atoms with Gasteiger partial charge in [0.05, 0.1) is 0 Å². The number of carbonyl (C=O) groups excluding carboxylic acids is 2. The highest BCUT2D eigenvalue weighted by molar-refractivity contribution is 5.98. The summed E-state index contributed by atoms with van der Waals surface area (Å²) in [5, 5.41) is 0. The molecular formula is C9H12O3. The predicted octanol–water partition coefficient (Wildman–Crippen LogP) is 1.08. The van der Waals surface area contributed by atoms with Gasteiger partial charge in [-0.2, -0.15) is 0 Å². The van der Waals surface area contributed by atoms with Crippen molar-refractivity contribution in [3.63, 3.8) is 0 Å². The Morgan fingerprint density at radius 1 is 1.58 bits per heavy atom. The lowest BCUT2D eigenvalue weighted by Gasteiger charge is -2.23. The second kappa shape index (κ2) is 2.73.